The SMILES string of the molecule is C[C@@H]1O[C@@H](O[C@H]2[C@H](O[C@H]3[C@H](O[C@H]4CC[C@@]5(C)[C@H](CC[C@]6(C)[C@@H]5CC=C5[C@@H]7CC(C)(C)C[C@@H](O[C@@H]8O[C@H](CO)[C@@H](O)[C@H](O)[C@H]8O[C@@H]8O[C@H](CO)[C@@H](O)[C@H](O)[C@H]8O)[C@]7(C)CC[C@]56C)[C@@]4(C)CO)O[C@H](C(=O)O)[C@@H](O)[C@@H]3O)O[C@H](CO)[C@H](O)[C@@H]2O)[C@H](O)[C@H](O)[C@H]1O. The van der Waals surface area contributed by atoms with Crippen molar-refractivity contribution >= 4 is 5.97 Å². The molecule has 5 saturated heterocycles. The molecule has 506 valence electrons. The first-order chi connectivity index (χ1) is 41.2. The molecule has 5 heterocycles. The highest BCUT2D eigenvalue weighted by molar-refractivity contribution is 5.73. The number of hydrogen-bond donors (Lipinski definition) is 17. The molecule has 9 fully saturated rings. The number of rotatable bonds is 15. The Bertz CT molecular complexity index is 2460. The van der Waals surface area contributed by atoms with E-state index in [-0.39, 0.29) is 34.0 Å². The number of carboxylic acids is 1. The topological polar surface area (TPSA) is 453 Å². The van der Waals surface area contributed by atoms with Crippen LogP contribution in [0.15, 0.2) is 11.6 Å². The third kappa shape index (κ3) is 11.4. The second kappa shape index (κ2) is 25.4. The van der Waals surface area contributed by atoms with Crippen LogP contribution in [0.4, 0.5) is 0 Å². The number of carboxylic acid groups (broad SMARTS) is 1. The molecule has 4 saturated carbocycles. The van der Waals surface area contributed by atoms with Crippen molar-refractivity contribution < 1.29 is 139 Å². The number of hydrogen-bond acceptors (Lipinski definition) is 27. The highest BCUT2D eigenvalue weighted by atomic mass is 16.8. The molecule has 88 heavy (non-hydrogen) atoms. The third-order valence-corrected chi connectivity index (χ3v) is 23.7. The molecule has 0 aromatic carbocycles. The zero-order valence-electron chi connectivity index (χ0n) is 51.2. The van der Waals surface area contributed by atoms with Crippen molar-refractivity contribution in [2.75, 3.05) is 26.4 Å². The molecule has 5 aliphatic heterocycles. The number of allylic oxidation sites excluding steroid dienone is 2. The first-order valence-electron chi connectivity index (χ1n) is 31.3. The number of ether oxygens (including phenoxy) is 10. The smallest absolute Gasteiger partial charge is 0.335 e. The van der Waals surface area contributed by atoms with Crippen molar-refractivity contribution in [1.82, 2.24) is 0 Å². The molecular weight excluding hydrogens is 1170 g/mol. The lowest BCUT2D eigenvalue weighted by atomic mass is 9.33. The molecule has 17 N–H and O–H groups in total. The van der Waals surface area contributed by atoms with Gasteiger partial charge >= 0.3 is 5.97 Å². The number of aliphatic hydroxyl groups is 16. The van der Waals surface area contributed by atoms with Gasteiger partial charge in [-0.3, -0.25) is 0 Å². The molecule has 0 aromatic heterocycles. The number of carbonyl (C=O) groups is 1. The summed E-state index contributed by atoms with van der Waals surface area (Å²) < 4.78 is 61.4. The minimum Gasteiger partial charge on any atom is -0.479 e. The van der Waals surface area contributed by atoms with Crippen LogP contribution < -0.4 is 0 Å². The normalized spacial score (nSPS) is 55.5. The maximum absolute atomic E-state index is 12.7. The predicted octanol–water partition coefficient (Wildman–Crippen LogP) is -3.65. The zero-order chi connectivity index (χ0) is 64.4. The van der Waals surface area contributed by atoms with Crippen LogP contribution in [-0.4, -0.2) is 285 Å². The lowest BCUT2D eigenvalue weighted by molar-refractivity contribution is -0.396. The predicted molar refractivity (Wildman–Crippen MR) is 296 cm³/mol. The highest BCUT2D eigenvalue weighted by Gasteiger charge is 2.71. The standard InChI is InChI=1S/C60H98O28/c1-23-33(65)37(69)43(75)50(79-23)86-47-40(72)36(68)28(21-63)82-53(47)88-48-42(74)41(73)45(49(77)78)85-54(48)83-31-12-13-57(5)29(58(31,6)22-64)11-14-60(8)30(57)10-9-24-25-17-55(2,3)18-32(56(25,4)15-16-59(24,60)7)84-52-46(39(71)35(67)27(20-62)81-52)87-51-44(76)38(70)34(66)26(19-61)80-51/h9,23,25-48,50-54,61-76H,10-22H2,1-8H3,(H,77,78)/t23-,25-,26+,27+,28+,29-,30+,31-,32+,33-,34+,35+,36-,37+,38-,39-,40-,41-,42-,43+,44+,45-,46+,47+,48+,50-,51-,52-,53-,54+,56+,57-,58+,59+,60+/m0/s1. The van der Waals surface area contributed by atoms with Gasteiger partial charge in [0.05, 0.1) is 44.7 Å². The zero-order valence-corrected chi connectivity index (χ0v) is 51.2. The molecule has 0 bridgehead atoms. The van der Waals surface area contributed by atoms with Gasteiger partial charge in [-0.1, -0.05) is 60.1 Å². The first-order valence-corrected chi connectivity index (χ1v) is 31.3. The fourth-order valence-corrected chi connectivity index (χ4v) is 18.1. The number of aliphatic hydroxyl groups excluding tert-OH is 16. The van der Waals surface area contributed by atoms with Crippen molar-refractivity contribution in [2.45, 2.75) is 279 Å². The van der Waals surface area contributed by atoms with Crippen LogP contribution in [0, 0.1) is 50.2 Å². The lowest BCUT2D eigenvalue weighted by Gasteiger charge is -2.72. The second-order valence-corrected chi connectivity index (χ2v) is 29.2. The van der Waals surface area contributed by atoms with E-state index < -0.39 is 214 Å². The molecule has 28 nitrogen and oxygen atoms in total. The summed E-state index contributed by atoms with van der Waals surface area (Å²) in [5.41, 5.74) is -1.75. The molecule has 5 aliphatic carbocycles. The fraction of sp³-hybridized carbons (Fsp3) is 0.950. The molecule has 10 rings (SSSR count). The molecule has 28 heteroatoms. The average Bonchev–Trinajstić information content (AvgIpc) is 0.678. The average molecular weight is 1270 g/mol. The quantitative estimate of drug-likeness (QED) is 0.0555. The van der Waals surface area contributed by atoms with Crippen molar-refractivity contribution in [3.05, 3.63) is 11.6 Å². The minimum absolute atomic E-state index is 0.0385. The summed E-state index contributed by atoms with van der Waals surface area (Å²) >= 11 is 0. The Balaban J connectivity index is 0.905. The van der Waals surface area contributed by atoms with Crippen LogP contribution in [0.1, 0.15) is 113 Å². The number of aliphatic carboxylic acids is 1. The Labute approximate surface area is 510 Å². The van der Waals surface area contributed by atoms with E-state index >= 15 is 0 Å². The van der Waals surface area contributed by atoms with Crippen LogP contribution >= 0.6 is 0 Å². The molecule has 0 unspecified atom stereocenters. The van der Waals surface area contributed by atoms with E-state index in [9.17, 15) is 91.6 Å². The maximum Gasteiger partial charge on any atom is 0.335 e. The second-order valence-electron chi connectivity index (χ2n) is 29.2. The molecule has 10 aliphatic rings. The van der Waals surface area contributed by atoms with Gasteiger partial charge in [-0.2, -0.15) is 0 Å². The van der Waals surface area contributed by atoms with Crippen molar-refractivity contribution in [3.8, 4) is 0 Å². The van der Waals surface area contributed by atoms with Gasteiger partial charge in [0.15, 0.2) is 37.6 Å². The van der Waals surface area contributed by atoms with Gasteiger partial charge in [0, 0.05) is 10.8 Å². The summed E-state index contributed by atoms with van der Waals surface area (Å²) in [6.45, 7) is 14.1. The van der Waals surface area contributed by atoms with E-state index in [0.717, 1.165) is 19.3 Å². The van der Waals surface area contributed by atoms with Gasteiger partial charge in [0.25, 0.3) is 0 Å². The Kier molecular flexibility index (Phi) is 19.9. The van der Waals surface area contributed by atoms with Gasteiger partial charge in [0.2, 0.25) is 0 Å². The van der Waals surface area contributed by atoms with Gasteiger partial charge in [-0.25, -0.2) is 4.79 Å². The van der Waals surface area contributed by atoms with Gasteiger partial charge in [-0.15, -0.1) is 0 Å². The highest BCUT2D eigenvalue weighted by Crippen LogP contribution is 2.76. The van der Waals surface area contributed by atoms with Gasteiger partial charge in [-0.05, 0) is 104 Å². The van der Waals surface area contributed by atoms with Crippen LogP contribution in [0.2, 0.25) is 0 Å². The first kappa shape index (κ1) is 69.0. The van der Waals surface area contributed by atoms with E-state index in [4.69, 9.17) is 47.4 Å². The Morgan fingerprint density at radius 3 is 1.51 bits per heavy atom. The van der Waals surface area contributed by atoms with Crippen molar-refractivity contribution in [3.63, 3.8) is 0 Å². The molecule has 0 spiro atoms. The van der Waals surface area contributed by atoms with Gasteiger partial charge in [0.1, 0.15) is 110 Å². The summed E-state index contributed by atoms with van der Waals surface area (Å²) in [5.74, 6) is -1.85. The lowest BCUT2D eigenvalue weighted by Crippen LogP contribution is -2.68. The van der Waals surface area contributed by atoms with Crippen LogP contribution in [-0.2, 0) is 52.2 Å². The Hall–Kier alpha value is -1.83. The summed E-state index contributed by atoms with van der Waals surface area (Å²) in [6.07, 6.45) is -36.7. The van der Waals surface area contributed by atoms with E-state index in [0.29, 0.717) is 38.5 Å². The summed E-state index contributed by atoms with van der Waals surface area (Å²) in [5, 5.41) is 184. The summed E-state index contributed by atoms with van der Waals surface area (Å²) in [4.78, 5) is 12.7. The summed E-state index contributed by atoms with van der Waals surface area (Å²) in [6, 6.07) is 0. The largest absolute Gasteiger partial charge is 0.479 e. The van der Waals surface area contributed by atoms with E-state index in [1.165, 1.54) is 12.5 Å². The Morgan fingerprint density at radius 1 is 0.489 bits per heavy atom. The van der Waals surface area contributed by atoms with E-state index in [1.54, 1.807) is 0 Å². The number of fused-ring (bicyclic) bond motifs is 7. The molecular formula is C60H98O28. The van der Waals surface area contributed by atoms with Crippen molar-refractivity contribution in [1.29, 1.82) is 0 Å². The molecule has 0 aromatic rings. The van der Waals surface area contributed by atoms with Crippen LogP contribution in [0.3, 0.4) is 0 Å². The van der Waals surface area contributed by atoms with Crippen molar-refractivity contribution in [2.24, 2.45) is 50.2 Å². The monoisotopic (exact) mass is 1270 g/mol. The van der Waals surface area contributed by atoms with Crippen LogP contribution in [0.5, 0.6) is 0 Å². The molecule has 35 atom stereocenters. The summed E-state index contributed by atoms with van der Waals surface area (Å²) in [7, 11) is 0. The van der Waals surface area contributed by atoms with Gasteiger partial charge < -0.3 is 134 Å². The molecule has 0 radical (unpaired) electrons. The Morgan fingerprint density at radius 2 is 0.966 bits per heavy atom. The maximum atomic E-state index is 12.7. The molecule has 0 amide bonds. The van der Waals surface area contributed by atoms with E-state index in [1.807, 2.05) is 6.92 Å². The minimum atomic E-state index is -2.14. The fourth-order valence-electron chi connectivity index (χ4n) is 18.1. The van der Waals surface area contributed by atoms with Crippen LogP contribution in [0.25, 0.3) is 0 Å². The third-order valence-electron chi connectivity index (χ3n) is 23.7. The van der Waals surface area contributed by atoms with E-state index in [2.05, 4.69) is 47.6 Å².